The van der Waals surface area contributed by atoms with Gasteiger partial charge in [0.2, 0.25) is 0 Å². The predicted molar refractivity (Wildman–Crippen MR) is 58.6 cm³/mol. The zero-order chi connectivity index (χ0) is 10.0. The first-order chi connectivity index (χ1) is 6.07. The normalized spacial score (nSPS) is 9.85. The van der Waals surface area contributed by atoms with Gasteiger partial charge in [-0.2, -0.15) is 0 Å². The van der Waals surface area contributed by atoms with Gasteiger partial charge in [0.15, 0.2) is 0 Å². The van der Waals surface area contributed by atoms with Gasteiger partial charge >= 0.3 is 0 Å². The summed E-state index contributed by atoms with van der Waals surface area (Å²) in [7, 11) is 1.55. The number of carbonyl (C=O) groups is 1. The molecule has 5 heteroatoms. The fraction of sp³-hybridized carbons (Fsp3) is 0.125. The SMILES string of the molecule is COc1ccc(C(=O)Cl)c(Br)c1Br. The molecule has 0 saturated carbocycles. The van der Waals surface area contributed by atoms with Crippen LogP contribution in [0.25, 0.3) is 0 Å². The van der Waals surface area contributed by atoms with Crippen molar-refractivity contribution in [3.63, 3.8) is 0 Å². The molecule has 0 saturated heterocycles. The molecule has 13 heavy (non-hydrogen) atoms. The number of carbonyl (C=O) groups excluding carboxylic acids is 1. The van der Waals surface area contributed by atoms with Gasteiger partial charge in [0, 0.05) is 10.0 Å². The van der Waals surface area contributed by atoms with E-state index in [2.05, 4.69) is 31.9 Å². The molecule has 0 bridgehead atoms. The summed E-state index contributed by atoms with van der Waals surface area (Å²) < 4.78 is 6.31. The lowest BCUT2D eigenvalue weighted by Crippen LogP contribution is -1.93. The van der Waals surface area contributed by atoms with Crippen molar-refractivity contribution in [2.24, 2.45) is 0 Å². The summed E-state index contributed by atoms with van der Waals surface area (Å²) >= 11 is 11.9. The molecule has 0 radical (unpaired) electrons. The third-order valence-corrected chi connectivity index (χ3v) is 3.83. The number of halogens is 3. The Labute approximate surface area is 97.5 Å². The van der Waals surface area contributed by atoms with Crippen LogP contribution in [0.15, 0.2) is 21.1 Å². The maximum absolute atomic E-state index is 10.9. The average molecular weight is 328 g/mol. The van der Waals surface area contributed by atoms with Gasteiger partial charge in [0.25, 0.3) is 5.24 Å². The molecule has 70 valence electrons. The third kappa shape index (κ3) is 2.24. The lowest BCUT2D eigenvalue weighted by atomic mass is 10.2. The second kappa shape index (κ2) is 4.44. The van der Waals surface area contributed by atoms with Crippen molar-refractivity contribution in [1.29, 1.82) is 0 Å². The van der Waals surface area contributed by atoms with Gasteiger partial charge in [-0.15, -0.1) is 0 Å². The highest BCUT2D eigenvalue weighted by molar-refractivity contribution is 9.13. The Kier molecular flexibility index (Phi) is 3.76. The highest BCUT2D eigenvalue weighted by atomic mass is 79.9. The summed E-state index contributed by atoms with van der Waals surface area (Å²) in [6.45, 7) is 0. The molecule has 0 fully saturated rings. The van der Waals surface area contributed by atoms with Crippen molar-refractivity contribution in [3.8, 4) is 5.75 Å². The molecule has 1 aromatic rings. The lowest BCUT2D eigenvalue weighted by Gasteiger charge is -2.06. The van der Waals surface area contributed by atoms with E-state index in [1.54, 1.807) is 19.2 Å². The Balaban J connectivity index is 3.31. The minimum Gasteiger partial charge on any atom is -0.496 e. The first-order valence-electron chi connectivity index (χ1n) is 3.29. The molecule has 0 aromatic heterocycles. The topological polar surface area (TPSA) is 26.3 Å². The molecule has 1 rings (SSSR count). The lowest BCUT2D eigenvalue weighted by molar-refractivity contribution is 0.108. The monoisotopic (exact) mass is 326 g/mol. The molecule has 0 aliphatic heterocycles. The van der Waals surface area contributed by atoms with E-state index in [4.69, 9.17) is 16.3 Å². The Morgan fingerprint density at radius 3 is 2.46 bits per heavy atom. The van der Waals surface area contributed by atoms with Gasteiger partial charge in [-0.05, 0) is 55.6 Å². The molecule has 0 unspecified atom stereocenters. The maximum Gasteiger partial charge on any atom is 0.253 e. The Bertz CT molecular complexity index is 352. The minimum absolute atomic E-state index is 0.411. The Hall–Kier alpha value is -0.0600. The summed E-state index contributed by atoms with van der Waals surface area (Å²) in [6.07, 6.45) is 0. The summed E-state index contributed by atoms with van der Waals surface area (Å²) in [4.78, 5) is 10.9. The van der Waals surface area contributed by atoms with E-state index in [0.29, 0.717) is 20.3 Å². The van der Waals surface area contributed by atoms with Crippen molar-refractivity contribution >= 4 is 48.7 Å². The van der Waals surface area contributed by atoms with Crippen LogP contribution in [0.5, 0.6) is 5.75 Å². The highest BCUT2D eigenvalue weighted by Gasteiger charge is 2.13. The number of benzene rings is 1. The molecular weight excluding hydrogens is 323 g/mol. The van der Waals surface area contributed by atoms with Crippen LogP contribution in [0.3, 0.4) is 0 Å². The highest BCUT2D eigenvalue weighted by Crippen LogP contribution is 2.35. The summed E-state index contributed by atoms with van der Waals surface area (Å²) in [6, 6.07) is 3.27. The van der Waals surface area contributed by atoms with E-state index in [1.165, 1.54) is 0 Å². The third-order valence-electron chi connectivity index (χ3n) is 1.48. The zero-order valence-corrected chi connectivity index (χ0v) is 10.5. The van der Waals surface area contributed by atoms with E-state index in [-0.39, 0.29) is 0 Å². The van der Waals surface area contributed by atoms with Crippen LogP contribution in [0.4, 0.5) is 0 Å². The predicted octanol–water partition coefficient (Wildman–Crippen LogP) is 3.60. The van der Waals surface area contributed by atoms with Crippen molar-refractivity contribution in [2.75, 3.05) is 7.11 Å². The molecule has 0 heterocycles. The fourth-order valence-corrected chi connectivity index (χ4v) is 2.13. The van der Waals surface area contributed by atoms with Gasteiger partial charge in [0.1, 0.15) is 5.75 Å². The summed E-state index contributed by atoms with van der Waals surface area (Å²) in [5, 5.41) is -0.504. The molecular formula is C8H5Br2ClO2. The van der Waals surface area contributed by atoms with E-state index in [1.807, 2.05) is 0 Å². The van der Waals surface area contributed by atoms with Crippen LogP contribution in [0, 0.1) is 0 Å². The van der Waals surface area contributed by atoms with E-state index >= 15 is 0 Å². The van der Waals surface area contributed by atoms with Crippen LogP contribution in [-0.4, -0.2) is 12.4 Å². The molecule has 0 N–H and O–H groups in total. The van der Waals surface area contributed by atoms with E-state index in [9.17, 15) is 4.79 Å². The Morgan fingerprint density at radius 1 is 1.38 bits per heavy atom. The maximum atomic E-state index is 10.9. The molecule has 0 spiro atoms. The van der Waals surface area contributed by atoms with Crippen molar-refractivity contribution in [1.82, 2.24) is 0 Å². The van der Waals surface area contributed by atoms with Crippen LogP contribution < -0.4 is 4.74 Å². The van der Waals surface area contributed by atoms with Gasteiger partial charge in [-0.25, -0.2) is 0 Å². The fourth-order valence-electron chi connectivity index (χ4n) is 0.841. The molecule has 0 amide bonds. The number of ether oxygens (including phenoxy) is 1. The van der Waals surface area contributed by atoms with E-state index < -0.39 is 5.24 Å². The van der Waals surface area contributed by atoms with Crippen molar-refractivity contribution < 1.29 is 9.53 Å². The van der Waals surface area contributed by atoms with Crippen LogP contribution in [0.2, 0.25) is 0 Å². The van der Waals surface area contributed by atoms with Crippen molar-refractivity contribution in [3.05, 3.63) is 26.6 Å². The van der Waals surface area contributed by atoms with Crippen molar-refractivity contribution in [2.45, 2.75) is 0 Å². The molecule has 0 aliphatic rings. The Morgan fingerprint density at radius 2 is 2.00 bits per heavy atom. The zero-order valence-electron chi connectivity index (χ0n) is 6.61. The number of rotatable bonds is 2. The summed E-state index contributed by atoms with van der Waals surface area (Å²) in [5.41, 5.74) is 0.411. The minimum atomic E-state index is -0.504. The number of hydrogen-bond acceptors (Lipinski definition) is 2. The second-order valence-corrected chi connectivity index (χ2v) is 4.15. The number of hydrogen-bond donors (Lipinski definition) is 0. The molecule has 0 atom stereocenters. The first-order valence-corrected chi connectivity index (χ1v) is 5.26. The molecule has 1 aromatic carbocycles. The number of methoxy groups -OCH3 is 1. The summed E-state index contributed by atoms with van der Waals surface area (Å²) in [5.74, 6) is 0.647. The van der Waals surface area contributed by atoms with E-state index in [0.717, 1.165) is 0 Å². The second-order valence-electron chi connectivity index (χ2n) is 2.22. The van der Waals surface area contributed by atoms with Gasteiger partial charge in [-0.1, -0.05) is 0 Å². The van der Waals surface area contributed by atoms with Crippen LogP contribution >= 0.6 is 43.5 Å². The first kappa shape index (κ1) is 11.0. The molecule has 0 aliphatic carbocycles. The van der Waals surface area contributed by atoms with Gasteiger partial charge < -0.3 is 4.74 Å². The standard InChI is InChI=1S/C8H5Br2ClO2/c1-13-5-3-2-4(8(11)12)6(9)7(5)10/h2-3H,1H3. The van der Waals surface area contributed by atoms with Gasteiger partial charge in [-0.3, -0.25) is 4.79 Å². The average Bonchev–Trinajstić information content (AvgIpc) is 2.09. The van der Waals surface area contributed by atoms with Crippen LogP contribution in [-0.2, 0) is 0 Å². The smallest absolute Gasteiger partial charge is 0.253 e. The van der Waals surface area contributed by atoms with Crippen LogP contribution in [0.1, 0.15) is 10.4 Å². The van der Waals surface area contributed by atoms with Gasteiger partial charge in [0.05, 0.1) is 11.6 Å². The quantitative estimate of drug-likeness (QED) is 0.776. The largest absolute Gasteiger partial charge is 0.496 e. The molecule has 2 nitrogen and oxygen atoms in total.